The van der Waals surface area contributed by atoms with Crippen LogP contribution in [0.25, 0.3) is 33.3 Å². The van der Waals surface area contributed by atoms with Gasteiger partial charge in [0.15, 0.2) is 5.78 Å². The van der Waals surface area contributed by atoms with E-state index >= 15 is 0 Å². The average Bonchev–Trinajstić information content (AvgIpc) is 3.16. The van der Waals surface area contributed by atoms with Crippen LogP contribution < -0.4 is 0 Å². The molecular formula is C24H20N4O2. The van der Waals surface area contributed by atoms with E-state index in [0.717, 1.165) is 39.8 Å². The highest BCUT2D eigenvalue weighted by Gasteiger charge is 2.25. The summed E-state index contributed by atoms with van der Waals surface area (Å²) in [7, 11) is 1.82. The molecular weight excluding hydrogens is 376 g/mol. The van der Waals surface area contributed by atoms with Crippen LogP contribution in [0.2, 0.25) is 0 Å². The van der Waals surface area contributed by atoms with Gasteiger partial charge in [0.2, 0.25) is 0 Å². The summed E-state index contributed by atoms with van der Waals surface area (Å²) in [6, 6.07) is 13.5. The zero-order chi connectivity index (χ0) is 20.8. The van der Waals surface area contributed by atoms with Crippen molar-refractivity contribution in [2.75, 3.05) is 13.6 Å². The van der Waals surface area contributed by atoms with Gasteiger partial charge in [0.05, 0.1) is 0 Å². The Hall–Kier alpha value is -3.80. The monoisotopic (exact) mass is 396 g/mol. The molecule has 0 saturated carbocycles. The molecule has 0 unspecified atom stereocenters. The molecule has 0 radical (unpaired) electrons. The maximum Gasteiger partial charge on any atom is 0.270 e. The Morgan fingerprint density at radius 2 is 1.73 bits per heavy atom. The molecule has 1 amide bonds. The topological polar surface area (TPSA) is 68.1 Å². The van der Waals surface area contributed by atoms with E-state index in [1.165, 1.54) is 0 Å². The predicted molar refractivity (Wildman–Crippen MR) is 115 cm³/mol. The summed E-state index contributed by atoms with van der Waals surface area (Å²) in [4.78, 5) is 34.9. The number of aromatic nitrogens is 3. The average molecular weight is 396 g/mol. The number of fused-ring (bicyclic) bond motifs is 3. The van der Waals surface area contributed by atoms with E-state index in [-0.39, 0.29) is 11.7 Å². The Morgan fingerprint density at radius 1 is 0.967 bits per heavy atom. The summed E-state index contributed by atoms with van der Waals surface area (Å²) in [6.07, 6.45) is 5.42. The molecule has 0 fully saturated rings. The third-order valence-corrected chi connectivity index (χ3v) is 5.70. The summed E-state index contributed by atoms with van der Waals surface area (Å²) >= 11 is 0. The molecule has 1 aromatic carbocycles. The molecule has 3 aromatic heterocycles. The van der Waals surface area contributed by atoms with Crippen LogP contribution in [0.4, 0.5) is 0 Å². The van der Waals surface area contributed by atoms with Gasteiger partial charge in [-0.2, -0.15) is 0 Å². The number of carbonyl (C=O) groups excluding carboxylic acids is 2. The summed E-state index contributed by atoms with van der Waals surface area (Å²) in [5.41, 5.74) is 6.09. The molecule has 0 N–H and O–H groups in total. The van der Waals surface area contributed by atoms with Crippen LogP contribution in [0.1, 0.15) is 27.8 Å². The molecule has 148 valence electrons. The first-order valence-electron chi connectivity index (χ1n) is 9.83. The standard InChI is InChI=1S/C24H20N4O2/c1-15(29)16-3-5-17(6-4-16)18-11-19(14-25-13-18)20-7-8-26-23-21(20)12-22-24(30)27(2)9-10-28(22)23/h3-8,11-14H,9-10H2,1-2H3. The number of hydrogen-bond acceptors (Lipinski definition) is 4. The summed E-state index contributed by atoms with van der Waals surface area (Å²) in [5, 5.41) is 0.946. The molecule has 5 rings (SSSR count). The lowest BCUT2D eigenvalue weighted by molar-refractivity contribution is 0.0750. The minimum atomic E-state index is 0.0163. The summed E-state index contributed by atoms with van der Waals surface area (Å²) < 4.78 is 2.00. The Bertz CT molecular complexity index is 1300. The molecule has 0 saturated heterocycles. The lowest BCUT2D eigenvalue weighted by Crippen LogP contribution is -2.36. The van der Waals surface area contributed by atoms with Crippen LogP contribution in [0.15, 0.2) is 61.1 Å². The van der Waals surface area contributed by atoms with Gasteiger partial charge >= 0.3 is 0 Å². The first-order valence-corrected chi connectivity index (χ1v) is 9.83. The van der Waals surface area contributed by atoms with E-state index in [4.69, 9.17) is 0 Å². The van der Waals surface area contributed by atoms with Crippen molar-refractivity contribution < 1.29 is 9.59 Å². The van der Waals surface area contributed by atoms with Gasteiger partial charge in [-0.15, -0.1) is 0 Å². The number of benzene rings is 1. The molecule has 1 aliphatic heterocycles. The highest BCUT2D eigenvalue weighted by molar-refractivity contribution is 6.03. The lowest BCUT2D eigenvalue weighted by Gasteiger charge is -2.24. The highest BCUT2D eigenvalue weighted by Crippen LogP contribution is 2.33. The molecule has 1 aliphatic rings. The van der Waals surface area contributed by atoms with Crippen LogP contribution in [0.3, 0.4) is 0 Å². The number of Topliss-reactive ketones (excluding diaryl/α,β-unsaturated/α-hetero) is 1. The Labute approximate surface area is 173 Å². The van der Waals surface area contributed by atoms with Gasteiger partial charge in [0.25, 0.3) is 5.91 Å². The van der Waals surface area contributed by atoms with E-state index in [0.29, 0.717) is 17.8 Å². The molecule has 30 heavy (non-hydrogen) atoms. The van der Waals surface area contributed by atoms with Gasteiger partial charge in [-0.3, -0.25) is 14.6 Å². The largest absolute Gasteiger partial charge is 0.339 e. The number of nitrogens with zero attached hydrogens (tertiary/aromatic N) is 4. The van der Waals surface area contributed by atoms with Crippen molar-refractivity contribution >= 4 is 22.7 Å². The SMILES string of the molecule is CC(=O)c1ccc(-c2cncc(-c3ccnc4c3cc3n4CCN(C)C3=O)c2)cc1. The molecule has 0 bridgehead atoms. The van der Waals surface area contributed by atoms with Crippen molar-refractivity contribution in [3.63, 3.8) is 0 Å². The maximum absolute atomic E-state index is 12.6. The predicted octanol–water partition coefficient (Wildman–Crippen LogP) is 4.05. The smallest absolute Gasteiger partial charge is 0.270 e. The minimum absolute atomic E-state index is 0.0163. The molecule has 0 aliphatic carbocycles. The van der Waals surface area contributed by atoms with E-state index in [2.05, 4.69) is 16.0 Å². The van der Waals surface area contributed by atoms with E-state index in [1.54, 1.807) is 18.0 Å². The number of ketones is 1. The zero-order valence-electron chi connectivity index (χ0n) is 16.8. The number of hydrogen-bond donors (Lipinski definition) is 0. The van der Waals surface area contributed by atoms with Crippen molar-refractivity contribution in [3.05, 3.63) is 72.3 Å². The molecule has 6 nitrogen and oxygen atoms in total. The van der Waals surface area contributed by atoms with E-state index in [9.17, 15) is 9.59 Å². The fourth-order valence-electron chi connectivity index (χ4n) is 3.99. The third kappa shape index (κ3) is 2.88. The number of pyridine rings is 2. The Balaban J connectivity index is 1.61. The van der Waals surface area contributed by atoms with Gasteiger partial charge in [0, 0.05) is 60.8 Å². The molecule has 0 spiro atoms. The van der Waals surface area contributed by atoms with Crippen molar-refractivity contribution in [1.29, 1.82) is 0 Å². The van der Waals surface area contributed by atoms with Crippen LogP contribution >= 0.6 is 0 Å². The minimum Gasteiger partial charge on any atom is -0.339 e. The van der Waals surface area contributed by atoms with E-state index in [1.807, 2.05) is 60.4 Å². The second-order valence-electron chi connectivity index (χ2n) is 7.60. The third-order valence-electron chi connectivity index (χ3n) is 5.70. The highest BCUT2D eigenvalue weighted by atomic mass is 16.2. The lowest BCUT2D eigenvalue weighted by atomic mass is 9.99. The van der Waals surface area contributed by atoms with Crippen molar-refractivity contribution in [3.8, 4) is 22.3 Å². The summed E-state index contributed by atoms with van der Waals surface area (Å²) in [5.74, 6) is 0.0631. The first-order chi connectivity index (χ1) is 14.5. The fourth-order valence-corrected chi connectivity index (χ4v) is 3.99. The van der Waals surface area contributed by atoms with Crippen molar-refractivity contribution in [1.82, 2.24) is 19.4 Å². The molecule has 0 atom stereocenters. The van der Waals surface area contributed by atoms with Crippen LogP contribution in [-0.4, -0.2) is 44.7 Å². The first kappa shape index (κ1) is 18.2. The number of carbonyl (C=O) groups is 2. The van der Waals surface area contributed by atoms with Crippen molar-refractivity contribution in [2.45, 2.75) is 13.5 Å². The Morgan fingerprint density at radius 3 is 2.50 bits per heavy atom. The summed E-state index contributed by atoms with van der Waals surface area (Å²) in [6.45, 7) is 2.97. The van der Waals surface area contributed by atoms with Crippen LogP contribution in [-0.2, 0) is 6.54 Å². The molecule has 6 heteroatoms. The second-order valence-corrected chi connectivity index (χ2v) is 7.60. The van der Waals surface area contributed by atoms with Gasteiger partial charge in [-0.05, 0) is 36.2 Å². The van der Waals surface area contributed by atoms with Gasteiger partial charge in [-0.1, -0.05) is 24.3 Å². The normalized spacial score (nSPS) is 13.5. The molecule has 4 aromatic rings. The fraction of sp³-hybridized carbons (Fsp3) is 0.167. The Kier molecular flexibility index (Phi) is 4.20. The van der Waals surface area contributed by atoms with Gasteiger partial charge in [-0.25, -0.2) is 4.98 Å². The molecule has 4 heterocycles. The van der Waals surface area contributed by atoms with Crippen LogP contribution in [0.5, 0.6) is 0 Å². The van der Waals surface area contributed by atoms with Crippen LogP contribution in [0, 0.1) is 0 Å². The van der Waals surface area contributed by atoms with Gasteiger partial charge in [0.1, 0.15) is 11.3 Å². The van der Waals surface area contributed by atoms with Crippen molar-refractivity contribution in [2.24, 2.45) is 0 Å². The quantitative estimate of drug-likeness (QED) is 0.490. The number of rotatable bonds is 3. The zero-order valence-corrected chi connectivity index (χ0v) is 16.8. The maximum atomic E-state index is 12.6. The number of amides is 1. The number of likely N-dealkylation sites (N-methyl/N-ethyl adjacent to an activating group) is 1. The van der Waals surface area contributed by atoms with Gasteiger partial charge < -0.3 is 9.47 Å². The second kappa shape index (κ2) is 6.91. The van der Waals surface area contributed by atoms with E-state index < -0.39 is 0 Å².